The number of hydrogen-bond acceptors (Lipinski definition) is 3. The van der Waals surface area contributed by atoms with Crippen LogP contribution in [-0.2, 0) is 22.5 Å². The minimum Gasteiger partial charge on any atom is -0.374 e. The first kappa shape index (κ1) is 20.2. The average Bonchev–Trinajstić information content (AvgIpc) is 2.63. The molecule has 0 spiro atoms. The van der Waals surface area contributed by atoms with Gasteiger partial charge in [-0.3, -0.25) is 9.69 Å². The number of halogens is 2. The highest BCUT2D eigenvalue weighted by Crippen LogP contribution is 2.23. The van der Waals surface area contributed by atoms with Gasteiger partial charge in [0.15, 0.2) is 0 Å². The number of benzene rings is 2. The Labute approximate surface area is 170 Å². The van der Waals surface area contributed by atoms with Gasteiger partial charge in [-0.05, 0) is 30.2 Å². The molecular weight excluding hydrogens is 383 g/mol. The zero-order valence-electron chi connectivity index (χ0n) is 15.4. The Hall–Kier alpha value is -1.59. The Morgan fingerprint density at radius 1 is 1.19 bits per heavy atom. The first-order valence-electron chi connectivity index (χ1n) is 9.10. The van der Waals surface area contributed by atoms with Gasteiger partial charge in [-0.25, -0.2) is 0 Å². The number of ether oxygens (including phenoxy) is 1. The lowest BCUT2D eigenvalue weighted by molar-refractivity contribution is -0.121. The molecule has 1 fully saturated rings. The first-order chi connectivity index (χ1) is 13.0. The molecule has 4 nitrogen and oxygen atoms in total. The van der Waals surface area contributed by atoms with Crippen LogP contribution in [0.3, 0.4) is 0 Å². The molecule has 144 valence electrons. The molecule has 0 aromatic heterocycles. The van der Waals surface area contributed by atoms with Crippen molar-refractivity contribution in [2.24, 2.45) is 0 Å². The minimum absolute atomic E-state index is 0.0111. The van der Waals surface area contributed by atoms with Gasteiger partial charge < -0.3 is 10.1 Å². The SMILES string of the molecule is Cc1cccc(CC(=O)NCC2CN(Cc3ccc(Cl)c(Cl)c3)CCO2)c1. The summed E-state index contributed by atoms with van der Waals surface area (Å²) in [6, 6.07) is 13.7. The quantitative estimate of drug-likeness (QED) is 0.791. The van der Waals surface area contributed by atoms with Crippen LogP contribution in [0.5, 0.6) is 0 Å². The molecule has 3 rings (SSSR count). The Kier molecular flexibility index (Phi) is 7.13. The second kappa shape index (κ2) is 9.56. The molecule has 1 aliphatic heterocycles. The summed E-state index contributed by atoms with van der Waals surface area (Å²) in [5, 5.41) is 4.13. The van der Waals surface area contributed by atoms with E-state index in [1.807, 2.05) is 49.4 Å². The van der Waals surface area contributed by atoms with Crippen LogP contribution in [0.15, 0.2) is 42.5 Å². The number of carbonyl (C=O) groups excluding carboxylic acids is 1. The number of hydrogen-bond donors (Lipinski definition) is 1. The van der Waals surface area contributed by atoms with E-state index in [2.05, 4.69) is 10.2 Å². The molecule has 27 heavy (non-hydrogen) atoms. The summed E-state index contributed by atoms with van der Waals surface area (Å²) in [4.78, 5) is 14.5. The summed E-state index contributed by atoms with van der Waals surface area (Å²) >= 11 is 12.1. The number of amides is 1. The summed E-state index contributed by atoms with van der Waals surface area (Å²) in [5.74, 6) is 0.0193. The second-order valence-electron chi connectivity index (χ2n) is 6.95. The van der Waals surface area contributed by atoms with E-state index in [0.29, 0.717) is 29.6 Å². The molecule has 1 amide bonds. The van der Waals surface area contributed by atoms with Crippen LogP contribution in [0.25, 0.3) is 0 Å². The lowest BCUT2D eigenvalue weighted by Crippen LogP contribution is -2.47. The Morgan fingerprint density at radius 2 is 2.04 bits per heavy atom. The summed E-state index contributed by atoms with van der Waals surface area (Å²) in [7, 11) is 0. The number of aryl methyl sites for hydroxylation is 1. The van der Waals surface area contributed by atoms with Gasteiger partial charge in [0, 0.05) is 26.2 Å². The maximum absolute atomic E-state index is 12.2. The molecule has 1 saturated heterocycles. The molecule has 2 aromatic rings. The maximum Gasteiger partial charge on any atom is 0.224 e. The molecule has 2 aromatic carbocycles. The van der Waals surface area contributed by atoms with Crippen molar-refractivity contribution in [3.8, 4) is 0 Å². The third-order valence-corrected chi connectivity index (χ3v) is 5.33. The van der Waals surface area contributed by atoms with Crippen LogP contribution in [-0.4, -0.2) is 43.2 Å². The number of morpholine rings is 1. The highest BCUT2D eigenvalue weighted by molar-refractivity contribution is 6.42. The molecule has 0 bridgehead atoms. The third kappa shape index (κ3) is 6.22. The number of rotatable bonds is 6. The predicted octanol–water partition coefficient (Wildman–Crippen LogP) is 3.86. The third-order valence-electron chi connectivity index (χ3n) is 4.59. The van der Waals surface area contributed by atoms with Crippen LogP contribution < -0.4 is 5.32 Å². The molecule has 6 heteroatoms. The Morgan fingerprint density at radius 3 is 2.81 bits per heavy atom. The fraction of sp³-hybridized carbons (Fsp3) is 0.381. The fourth-order valence-electron chi connectivity index (χ4n) is 3.24. The summed E-state index contributed by atoms with van der Waals surface area (Å²) in [5.41, 5.74) is 3.31. The van der Waals surface area contributed by atoms with E-state index in [-0.39, 0.29) is 12.0 Å². The lowest BCUT2D eigenvalue weighted by atomic mass is 10.1. The van der Waals surface area contributed by atoms with Crippen molar-refractivity contribution >= 4 is 29.1 Å². The number of carbonyl (C=O) groups is 1. The van der Waals surface area contributed by atoms with Gasteiger partial charge >= 0.3 is 0 Å². The molecule has 0 saturated carbocycles. The van der Waals surface area contributed by atoms with E-state index in [9.17, 15) is 4.79 Å². The summed E-state index contributed by atoms with van der Waals surface area (Å²) in [6.07, 6.45) is 0.379. The van der Waals surface area contributed by atoms with Crippen LogP contribution in [0.1, 0.15) is 16.7 Å². The second-order valence-corrected chi connectivity index (χ2v) is 7.76. The van der Waals surface area contributed by atoms with Crippen molar-refractivity contribution in [3.63, 3.8) is 0 Å². The first-order valence-corrected chi connectivity index (χ1v) is 9.85. The topological polar surface area (TPSA) is 41.6 Å². The van der Waals surface area contributed by atoms with Gasteiger partial charge in [0.2, 0.25) is 5.91 Å². The van der Waals surface area contributed by atoms with Crippen molar-refractivity contribution in [3.05, 3.63) is 69.2 Å². The van der Waals surface area contributed by atoms with Gasteiger partial charge in [0.25, 0.3) is 0 Å². The number of nitrogens with zero attached hydrogens (tertiary/aromatic N) is 1. The monoisotopic (exact) mass is 406 g/mol. The largest absolute Gasteiger partial charge is 0.374 e. The maximum atomic E-state index is 12.2. The predicted molar refractivity (Wildman–Crippen MR) is 109 cm³/mol. The summed E-state index contributed by atoms with van der Waals surface area (Å²) in [6.45, 7) is 5.61. The molecule has 1 N–H and O–H groups in total. The average molecular weight is 407 g/mol. The zero-order chi connectivity index (χ0) is 19.2. The standard InChI is InChI=1S/C21H24Cl2N2O2/c1-15-3-2-4-16(9-15)11-21(26)24-12-18-14-25(7-8-27-18)13-17-5-6-19(22)20(23)10-17/h2-6,9-10,18H,7-8,11-14H2,1H3,(H,24,26). The van der Waals surface area contributed by atoms with Crippen molar-refractivity contribution in [1.82, 2.24) is 10.2 Å². The van der Waals surface area contributed by atoms with E-state index < -0.39 is 0 Å². The van der Waals surface area contributed by atoms with E-state index in [1.54, 1.807) is 0 Å². The van der Waals surface area contributed by atoms with Crippen molar-refractivity contribution in [2.75, 3.05) is 26.2 Å². The van der Waals surface area contributed by atoms with E-state index in [0.717, 1.165) is 36.3 Å². The van der Waals surface area contributed by atoms with Gasteiger partial charge in [-0.1, -0.05) is 59.1 Å². The zero-order valence-corrected chi connectivity index (χ0v) is 16.9. The molecule has 0 aliphatic carbocycles. The van der Waals surface area contributed by atoms with Crippen molar-refractivity contribution < 1.29 is 9.53 Å². The van der Waals surface area contributed by atoms with Gasteiger partial charge in [-0.2, -0.15) is 0 Å². The molecule has 0 radical (unpaired) electrons. The Balaban J connectivity index is 1.46. The highest BCUT2D eigenvalue weighted by Gasteiger charge is 2.21. The number of nitrogens with one attached hydrogen (secondary N) is 1. The smallest absolute Gasteiger partial charge is 0.224 e. The van der Waals surface area contributed by atoms with Gasteiger partial charge in [0.05, 0.1) is 29.2 Å². The van der Waals surface area contributed by atoms with Crippen LogP contribution >= 0.6 is 23.2 Å². The van der Waals surface area contributed by atoms with Gasteiger partial charge in [-0.15, -0.1) is 0 Å². The Bertz CT molecular complexity index is 798. The molecule has 1 atom stereocenters. The van der Waals surface area contributed by atoms with Crippen LogP contribution in [0.2, 0.25) is 10.0 Å². The van der Waals surface area contributed by atoms with Gasteiger partial charge in [0.1, 0.15) is 0 Å². The van der Waals surface area contributed by atoms with E-state index >= 15 is 0 Å². The fourth-order valence-corrected chi connectivity index (χ4v) is 3.56. The van der Waals surface area contributed by atoms with Crippen LogP contribution in [0.4, 0.5) is 0 Å². The highest BCUT2D eigenvalue weighted by atomic mass is 35.5. The van der Waals surface area contributed by atoms with E-state index in [4.69, 9.17) is 27.9 Å². The normalized spacial score (nSPS) is 17.7. The molecular formula is C21H24Cl2N2O2. The molecule has 1 aliphatic rings. The molecule has 1 unspecified atom stereocenters. The summed E-state index contributed by atoms with van der Waals surface area (Å²) < 4.78 is 5.80. The molecule has 1 heterocycles. The van der Waals surface area contributed by atoms with Crippen LogP contribution in [0, 0.1) is 6.92 Å². The lowest BCUT2D eigenvalue weighted by Gasteiger charge is -2.33. The van der Waals surface area contributed by atoms with Crippen molar-refractivity contribution in [1.29, 1.82) is 0 Å². The minimum atomic E-state index is -0.0111. The van der Waals surface area contributed by atoms with Crippen molar-refractivity contribution in [2.45, 2.75) is 26.0 Å². The van der Waals surface area contributed by atoms with E-state index in [1.165, 1.54) is 0 Å².